The molecule has 0 aliphatic heterocycles. The van der Waals surface area contributed by atoms with E-state index in [0.717, 1.165) is 17.7 Å². The number of carbonyl (C=O) groups excluding carboxylic acids is 1. The Bertz CT molecular complexity index is 623. The fraction of sp³-hybridized carbons (Fsp3) is 0.0714. The molecule has 98 valence electrons. The minimum Gasteiger partial charge on any atom is -0.321 e. The lowest BCUT2D eigenvalue weighted by atomic mass is 10.1. The number of halogens is 3. The molecule has 2 nitrogen and oxygen atoms in total. The Morgan fingerprint density at radius 3 is 2.37 bits per heavy atom. The molecule has 5 heteroatoms. The maximum absolute atomic E-state index is 13.5. The largest absolute Gasteiger partial charge is 0.321 e. The van der Waals surface area contributed by atoms with Crippen molar-refractivity contribution in [2.24, 2.45) is 0 Å². The lowest BCUT2D eigenvalue weighted by Gasteiger charge is -2.09. The van der Waals surface area contributed by atoms with Crippen LogP contribution in [-0.4, -0.2) is 5.91 Å². The Kier molecular flexibility index (Phi) is 3.95. The van der Waals surface area contributed by atoms with Gasteiger partial charge in [0.1, 0.15) is 17.2 Å². The predicted molar refractivity (Wildman–Crippen MR) is 73.2 cm³/mol. The van der Waals surface area contributed by atoms with Gasteiger partial charge in [-0.05, 0) is 52.7 Å². The first-order valence-corrected chi connectivity index (χ1v) is 6.30. The molecule has 0 atom stereocenters. The van der Waals surface area contributed by atoms with Crippen molar-refractivity contribution in [3.63, 3.8) is 0 Å². The topological polar surface area (TPSA) is 29.1 Å². The van der Waals surface area contributed by atoms with Crippen molar-refractivity contribution in [1.29, 1.82) is 0 Å². The van der Waals surface area contributed by atoms with Crippen LogP contribution in [0.5, 0.6) is 0 Å². The standard InChI is InChI=1S/C14H10BrF2NO/c1-8-5-6-12(9(15)7-8)18-14(19)13-10(16)3-2-4-11(13)17/h2-7H,1H3,(H,18,19). The van der Waals surface area contributed by atoms with Gasteiger partial charge < -0.3 is 5.32 Å². The van der Waals surface area contributed by atoms with Crippen LogP contribution in [0.3, 0.4) is 0 Å². The normalized spacial score (nSPS) is 10.3. The third kappa shape index (κ3) is 2.98. The molecule has 0 saturated heterocycles. The summed E-state index contributed by atoms with van der Waals surface area (Å²) in [6.07, 6.45) is 0. The maximum Gasteiger partial charge on any atom is 0.261 e. The van der Waals surface area contributed by atoms with Gasteiger partial charge >= 0.3 is 0 Å². The van der Waals surface area contributed by atoms with Gasteiger partial charge in [0.05, 0.1) is 5.69 Å². The number of benzene rings is 2. The van der Waals surface area contributed by atoms with Crippen LogP contribution >= 0.6 is 15.9 Å². The Morgan fingerprint density at radius 2 is 1.79 bits per heavy atom. The second kappa shape index (κ2) is 5.48. The van der Waals surface area contributed by atoms with Crippen molar-refractivity contribution >= 4 is 27.5 Å². The third-order valence-electron chi connectivity index (χ3n) is 2.56. The van der Waals surface area contributed by atoms with E-state index < -0.39 is 23.1 Å². The molecule has 0 saturated carbocycles. The highest BCUT2D eigenvalue weighted by Gasteiger charge is 2.17. The van der Waals surface area contributed by atoms with Crippen LogP contribution in [0.1, 0.15) is 15.9 Å². The molecule has 1 amide bonds. The molecular weight excluding hydrogens is 316 g/mol. The van der Waals surface area contributed by atoms with E-state index in [1.807, 2.05) is 6.92 Å². The van der Waals surface area contributed by atoms with Gasteiger partial charge in [0.2, 0.25) is 0 Å². The predicted octanol–water partition coefficient (Wildman–Crippen LogP) is 4.29. The van der Waals surface area contributed by atoms with Gasteiger partial charge in [-0.15, -0.1) is 0 Å². The van der Waals surface area contributed by atoms with Crippen LogP contribution in [-0.2, 0) is 0 Å². The number of carbonyl (C=O) groups is 1. The average molecular weight is 326 g/mol. The fourth-order valence-electron chi connectivity index (χ4n) is 1.62. The first kappa shape index (κ1) is 13.7. The molecule has 0 aromatic heterocycles. The first-order chi connectivity index (χ1) is 8.99. The van der Waals surface area contributed by atoms with Crippen molar-refractivity contribution in [3.8, 4) is 0 Å². The highest BCUT2D eigenvalue weighted by molar-refractivity contribution is 9.10. The molecule has 0 heterocycles. The number of aryl methyl sites for hydroxylation is 1. The summed E-state index contributed by atoms with van der Waals surface area (Å²) in [6.45, 7) is 1.90. The SMILES string of the molecule is Cc1ccc(NC(=O)c2c(F)cccc2F)c(Br)c1. The van der Waals surface area contributed by atoms with Gasteiger partial charge in [0, 0.05) is 4.47 Å². The summed E-state index contributed by atoms with van der Waals surface area (Å²) in [5.41, 5.74) is 0.871. The first-order valence-electron chi connectivity index (χ1n) is 5.50. The van der Waals surface area contributed by atoms with Crippen molar-refractivity contribution in [2.75, 3.05) is 5.32 Å². The lowest BCUT2D eigenvalue weighted by Crippen LogP contribution is -2.16. The molecule has 0 bridgehead atoms. The number of rotatable bonds is 2. The number of hydrogen-bond donors (Lipinski definition) is 1. The van der Waals surface area contributed by atoms with E-state index in [-0.39, 0.29) is 0 Å². The lowest BCUT2D eigenvalue weighted by molar-refractivity contribution is 0.101. The monoisotopic (exact) mass is 325 g/mol. The molecule has 0 aliphatic carbocycles. The van der Waals surface area contributed by atoms with Crippen LogP contribution < -0.4 is 5.32 Å². The molecule has 2 rings (SSSR count). The summed E-state index contributed by atoms with van der Waals surface area (Å²) in [5, 5.41) is 2.47. The van der Waals surface area contributed by atoms with E-state index in [0.29, 0.717) is 10.2 Å². The maximum atomic E-state index is 13.5. The highest BCUT2D eigenvalue weighted by Crippen LogP contribution is 2.24. The summed E-state index contributed by atoms with van der Waals surface area (Å²) >= 11 is 3.28. The van der Waals surface area contributed by atoms with Gasteiger partial charge in [-0.25, -0.2) is 8.78 Å². The zero-order valence-corrected chi connectivity index (χ0v) is 11.6. The molecule has 2 aromatic carbocycles. The second-order valence-corrected chi connectivity index (χ2v) is 4.89. The van der Waals surface area contributed by atoms with E-state index in [1.165, 1.54) is 6.07 Å². The quantitative estimate of drug-likeness (QED) is 0.876. The van der Waals surface area contributed by atoms with Crippen molar-refractivity contribution < 1.29 is 13.6 Å². The van der Waals surface area contributed by atoms with Crippen LogP contribution in [0.15, 0.2) is 40.9 Å². The zero-order chi connectivity index (χ0) is 14.0. The molecule has 0 aliphatic rings. The zero-order valence-electron chi connectivity index (χ0n) is 10.0. The molecule has 0 radical (unpaired) electrons. The number of nitrogens with one attached hydrogen (secondary N) is 1. The molecular formula is C14H10BrF2NO. The Balaban J connectivity index is 2.31. The van der Waals surface area contributed by atoms with E-state index >= 15 is 0 Å². The van der Waals surface area contributed by atoms with Gasteiger partial charge in [-0.3, -0.25) is 4.79 Å². The molecule has 0 fully saturated rings. The fourth-order valence-corrected chi connectivity index (χ4v) is 2.21. The minimum atomic E-state index is -0.888. The Hall–Kier alpha value is -1.75. The summed E-state index contributed by atoms with van der Waals surface area (Å²) in [6, 6.07) is 8.55. The van der Waals surface area contributed by atoms with Crippen LogP contribution in [0.4, 0.5) is 14.5 Å². The number of hydrogen-bond acceptors (Lipinski definition) is 1. The van der Waals surface area contributed by atoms with E-state index in [1.54, 1.807) is 18.2 Å². The van der Waals surface area contributed by atoms with Gasteiger partial charge in [0.15, 0.2) is 0 Å². The van der Waals surface area contributed by atoms with Crippen molar-refractivity contribution in [1.82, 2.24) is 0 Å². The highest BCUT2D eigenvalue weighted by atomic mass is 79.9. The van der Waals surface area contributed by atoms with E-state index in [4.69, 9.17) is 0 Å². The van der Waals surface area contributed by atoms with E-state index in [2.05, 4.69) is 21.2 Å². The summed E-state index contributed by atoms with van der Waals surface area (Å²) in [7, 11) is 0. The Morgan fingerprint density at radius 1 is 1.16 bits per heavy atom. The molecule has 0 spiro atoms. The van der Waals surface area contributed by atoms with Crippen LogP contribution in [0, 0.1) is 18.6 Å². The van der Waals surface area contributed by atoms with Crippen LogP contribution in [0.25, 0.3) is 0 Å². The van der Waals surface area contributed by atoms with E-state index in [9.17, 15) is 13.6 Å². The Labute approximate surface area is 117 Å². The second-order valence-electron chi connectivity index (χ2n) is 4.03. The van der Waals surface area contributed by atoms with Gasteiger partial charge in [-0.1, -0.05) is 12.1 Å². The molecule has 0 unspecified atom stereocenters. The van der Waals surface area contributed by atoms with Crippen LogP contribution in [0.2, 0.25) is 0 Å². The summed E-state index contributed by atoms with van der Waals surface area (Å²) in [5.74, 6) is -2.60. The minimum absolute atomic E-state index is 0.457. The van der Waals surface area contributed by atoms with Crippen molar-refractivity contribution in [3.05, 3.63) is 63.6 Å². The summed E-state index contributed by atoms with van der Waals surface area (Å²) in [4.78, 5) is 11.9. The average Bonchev–Trinajstić information content (AvgIpc) is 2.32. The third-order valence-corrected chi connectivity index (χ3v) is 3.22. The molecule has 2 aromatic rings. The van der Waals surface area contributed by atoms with Gasteiger partial charge in [-0.2, -0.15) is 0 Å². The van der Waals surface area contributed by atoms with Gasteiger partial charge in [0.25, 0.3) is 5.91 Å². The smallest absolute Gasteiger partial charge is 0.261 e. The molecule has 19 heavy (non-hydrogen) atoms. The number of amides is 1. The molecule has 1 N–H and O–H groups in total. The number of anilines is 1. The summed E-state index contributed by atoms with van der Waals surface area (Å²) < 4.78 is 27.6. The van der Waals surface area contributed by atoms with Crippen molar-refractivity contribution in [2.45, 2.75) is 6.92 Å².